The van der Waals surface area contributed by atoms with Crippen LogP contribution in [0.5, 0.6) is 0 Å². The molecule has 0 aliphatic carbocycles. The van der Waals surface area contributed by atoms with Crippen molar-refractivity contribution in [2.75, 3.05) is 19.8 Å². The summed E-state index contributed by atoms with van der Waals surface area (Å²) in [7, 11) is 0. The molecule has 0 radical (unpaired) electrons. The maximum atomic E-state index is 13.2. The first-order valence-corrected chi connectivity index (χ1v) is 31.3. The van der Waals surface area contributed by atoms with Crippen LogP contribution in [0.3, 0.4) is 0 Å². The van der Waals surface area contributed by atoms with Crippen molar-refractivity contribution in [1.82, 2.24) is 5.32 Å². The molecule has 0 spiro atoms. The molecule has 79 heavy (non-hydrogen) atoms. The highest BCUT2D eigenvalue weighted by atomic mass is 16.7. The number of hydrogen-bond acceptors (Lipinski definition) is 13. The van der Waals surface area contributed by atoms with Gasteiger partial charge in [0.05, 0.1) is 32.0 Å². The summed E-state index contributed by atoms with van der Waals surface area (Å²) in [6, 6.07) is -0.932. The van der Waals surface area contributed by atoms with Crippen LogP contribution < -0.4 is 5.32 Å². The monoisotopic (exact) mass is 1120 g/mol. The van der Waals surface area contributed by atoms with Gasteiger partial charge in [0.15, 0.2) is 12.6 Å². The van der Waals surface area contributed by atoms with Gasteiger partial charge in [-0.25, -0.2) is 0 Å². The van der Waals surface area contributed by atoms with Crippen molar-refractivity contribution < 1.29 is 64.6 Å². The fourth-order valence-corrected chi connectivity index (χ4v) is 9.80. The number of rotatable bonds is 49. The minimum absolute atomic E-state index is 0.252. The lowest BCUT2D eigenvalue weighted by atomic mass is 9.97. The van der Waals surface area contributed by atoms with E-state index in [0.717, 1.165) is 70.6 Å². The first-order chi connectivity index (χ1) is 38.6. The molecular weight excluding hydrogens is 1000 g/mol. The van der Waals surface area contributed by atoms with Crippen molar-refractivity contribution >= 4 is 5.91 Å². The standard InChI is InChI=1S/C65H113NO13/c1-3-5-7-9-11-13-15-16-17-18-19-20-21-22-23-24-25-26-27-28-29-30-31-32-33-34-35-36-37-38-39-41-43-45-47-49-57(70)66-53(54(69)48-46-44-42-40-14-12-10-8-6-4-2)52-76-64-62(75)60(73)63(56(51-68)78-64)79-65-61(74)59(72)58(71)55(50-67)77-65/h5,7,11,13-14,16-17,19-20,22-23,40,46,48,53-56,58-65,67-69,71-75H,3-4,6,8-10,12,15,18,21,24-39,41-45,47,49-52H2,1-2H3,(H,66,70)/b7-5-,13-11-,17-16-,20-19-,23-22-,40-14+,48-46+. The van der Waals surface area contributed by atoms with Crippen molar-refractivity contribution in [3.05, 3.63) is 85.1 Å². The second-order valence-electron chi connectivity index (χ2n) is 21.8. The Morgan fingerprint density at radius 1 is 0.468 bits per heavy atom. The van der Waals surface area contributed by atoms with Crippen LogP contribution in [0.2, 0.25) is 0 Å². The average molecular weight is 1120 g/mol. The van der Waals surface area contributed by atoms with E-state index in [1.54, 1.807) is 6.08 Å². The van der Waals surface area contributed by atoms with Crippen LogP contribution in [0.1, 0.15) is 226 Å². The van der Waals surface area contributed by atoms with Gasteiger partial charge in [-0.2, -0.15) is 0 Å². The molecule has 2 heterocycles. The van der Waals surface area contributed by atoms with E-state index in [4.69, 9.17) is 18.9 Å². The highest BCUT2D eigenvalue weighted by Gasteiger charge is 2.51. The Hall–Kier alpha value is -2.83. The Bertz CT molecular complexity index is 1650. The summed E-state index contributed by atoms with van der Waals surface area (Å²) in [4.78, 5) is 13.2. The van der Waals surface area contributed by atoms with Gasteiger partial charge < -0.3 is 65.1 Å². The molecule has 14 heteroatoms. The van der Waals surface area contributed by atoms with Gasteiger partial charge in [0.1, 0.15) is 48.8 Å². The highest BCUT2D eigenvalue weighted by Crippen LogP contribution is 2.30. The number of carbonyl (C=O) groups excluding carboxylic acids is 1. The van der Waals surface area contributed by atoms with E-state index in [0.29, 0.717) is 12.8 Å². The van der Waals surface area contributed by atoms with Gasteiger partial charge in [-0.15, -0.1) is 0 Å². The molecule has 2 aliphatic rings. The van der Waals surface area contributed by atoms with Crippen LogP contribution in [0, 0.1) is 0 Å². The molecule has 12 unspecified atom stereocenters. The van der Waals surface area contributed by atoms with Crippen LogP contribution in [0.4, 0.5) is 0 Å². The Morgan fingerprint density at radius 2 is 0.886 bits per heavy atom. The van der Waals surface area contributed by atoms with Crippen LogP contribution in [-0.2, 0) is 23.7 Å². The average Bonchev–Trinajstić information content (AvgIpc) is 3.47. The minimum atomic E-state index is -1.79. The third-order valence-electron chi connectivity index (χ3n) is 14.8. The number of hydrogen-bond donors (Lipinski definition) is 9. The number of carbonyl (C=O) groups is 1. The lowest BCUT2D eigenvalue weighted by Gasteiger charge is -2.46. The molecule has 2 saturated heterocycles. The Kier molecular flexibility index (Phi) is 45.5. The van der Waals surface area contributed by atoms with Crippen molar-refractivity contribution in [3.8, 4) is 0 Å². The van der Waals surface area contributed by atoms with E-state index in [1.807, 2.05) is 6.08 Å². The van der Waals surface area contributed by atoms with E-state index < -0.39 is 86.8 Å². The third kappa shape index (κ3) is 35.0. The van der Waals surface area contributed by atoms with E-state index in [9.17, 15) is 45.6 Å². The number of nitrogens with one attached hydrogen (secondary N) is 1. The quantitative estimate of drug-likeness (QED) is 0.0204. The number of unbranched alkanes of at least 4 members (excludes halogenated alkanes) is 24. The van der Waals surface area contributed by atoms with Crippen molar-refractivity contribution in [2.45, 2.75) is 299 Å². The van der Waals surface area contributed by atoms with Gasteiger partial charge in [-0.3, -0.25) is 4.79 Å². The summed E-state index contributed by atoms with van der Waals surface area (Å²) in [6.45, 7) is 2.62. The van der Waals surface area contributed by atoms with Crippen LogP contribution >= 0.6 is 0 Å². The largest absolute Gasteiger partial charge is 0.394 e. The zero-order valence-corrected chi connectivity index (χ0v) is 49.1. The number of amides is 1. The molecule has 0 aromatic heterocycles. The third-order valence-corrected chi connectivity index (χ3v) is 14.8. The van der Waals surface area contributed by atoms with Crippen molar-refractivity contribution in [3.63, 3.8) is 0 Å². The van der Waals surface area contributed by atoms with Gasteiger partial charge in [-0.05, 0) is 77.0 Å². The minimum Gasteiger partial charge on any atom is -0.394 e. The molecule has 0 bridgehead atoms. The molecule has 2 rings (SSSR count). The smallest absolute Gasteiger partial charge is 0.220 e. The van der Waals surface area contributed by atoms with E-state index in [2.05, 4.69) is 92.1 Å². The number of aliphatic hydroxyl groups is 8. The zero-order chi connectivity index (χ0) is 57.4. The first kappa shape index (κ1) is 72.3. The second-order valence-corrected chi connectivity index (χ2v) is 21.8. The molecule has 0 aromatic rings. The normalized spacial score (nSPS) is 25.0. The number of aliphatic hydroxyl groups excluding tert-OH is 8. The van der Waals surface area contributed by atoms with Gasteiger partial charge in [0.2, 0.25) is 5.91 Å². The first-order valence-electron chi connectivity index (χ1n) is 31.3. The summed E-state index contributed by atoms with van der Waals surface area (Å²) in [5.41, 5.74) is 0. The summed E-state index contributed by atoms with van der Waals surface area (Å²) in [5, 5.41) is 86.9. The molecule has 2 aliphatic heterocycles. The molecule has 1 amide bonds. The van der Waals surface area contributed by atoms with E-state index in [-0.39, 0.29) is 18.9 Å². The summed E-state index contributed by atoms with van der Waals surface area (Å²) < 4.78 is 22.7. The molecule has 2 fully saturated rings. The molecule has 12 atom stereocenters. The van der Waals surface area contributed by atoms with Gasteiger partial charge in [0.25, 0.3) is 0 Å². The fraction of sp³-hybridized carbons (Fsp3) is 0.769. The van der Waals surface area contributed by atoms with Crippen LogP contribution in [0.25, 0.3) is 0 Å². The molecule has 0 aromatic carbocycles. The predicted molar refractivity (Wildman–Crippen MR) is 318 cm³/mol. The molecule has 456 valence electrons. The Balaban J connectivity index is 1.59. The highest BCUT2D eigenvalue weighted by molar-refractivity contribution is 5.76. The lowest BCUT2D eigenvalue weighted by Crippen LogP contribution is -2.65. The Labute approximate surface area is 478 Å². The SMILES string of the molecule is CC/C=C\C/C=C\C/C=C\C/C=C\C/C=C\CCCCCCCCCCCCCCCCCCCCCC(=O)NC(COC1OC(CO)C(OC2OC(CO)C(O)C(O)C2O)C(O)C1O)C(O)/C=C/CC/C=C/CCCCCC. The molecular formula is C65H113NO13. The molecule has 9 N–H and O–H groups in total. The number of ether oxygens (including phenoxy) is 4. The van der Waals surface area contributed by atoms with Gasteiger partial charge in [-0.1, -0.05) is 227 Å². The van der Waals surface area contributed by atoms with E-state index in [1.165, 1.54) is 122 Å². The van der Waals surface area contributed by atoms with Crippen molar-refractivity contribution in [1.29, 1.82) is 0 Å². The van der Waals surface area contributed by atoms with Gasteiger partial charge >= 0.3 is 0 Å². The lowest BCUT2D eigenvalue weighted by molar-refractivity contribution is -0.359. The summed E-state index contributed by atoms with van der Waals surface area (Å²) in [6.07, 6.45) is 51.0. The molecule has 14 nitrogen and oxygen atoms in total. The fourth-order valence-electron chi connectivity index (χ4n) is 9.80. The van der Waals surface area contributed by atoms with E-state index >= 15 is 0 Å². The summed E-state index contributed by atoms with van der Waals surface area (Å²) in [5.74, 6) is -0.252. The predicted octanol–water partition coefficient (Wildman–Crippen LogP) is 11.3. The molecule has 0 saturated carbocycles. The van der Waals surface area contributed by atoms with Gasteiger partial charge in [0, 0.05) is 6.42 Å². The maximum absolute atomic E-state index is 13.2. The zero-order valence-electron chi connectivity index (χ0n) is 49.1. The van der Waals surface area contributed by atoms with Crippen molar-refractivity contribution in [2.24, 2.45) is 0 Å². The summed E-state index contributed by atoms with van der Waals surface area (Å²) >= 11 is 0. The Morgan fingerprint density at radius 3 is 1.39 bits per heavy atom. The topological polar surface area (TPSA) is 228 Å². The van der Waals surface area contributed by atoms with Crippen LogP contribution in [0.15, 0.2) is 85.1 Å². The second kappa shape index (κ2) is 49.8. The maximum Gasteiger partial charge on any atom is 0.220 e. The van der Waals surface area contributed by atoms with Crippen LogP contribution in [-0.4, -0.2) is 140 Å². The number of allylic oxidation sites excluding steroid dienone is 13.